The van der Waals surface area contributed by atoms with Gasteiger partial charge in [-0.1, -0.05) is 17.7 Å². The molecule has 1 amide bonds. The number of rotatable bonds is 5. The van der Waals surface area contributed by atoms with Crippen LogP contribution in [0.1, 0.15) is 53.6 Å². The fourth-order valence-corrected chi connectivity index (χ4v) is 6.65. The van der Waals surface area contributed by atoms with Gasteiger partial charge in [0.15, 0.2) is 0 Å². The number of carbonyl (C=O) groups excluding carboxylic acids is 1. The van der Waals surface area contributed by atoms with Crippen molar-refractivity contribution in [3.63, 3.8) is 0 Å². The van der Waals surface area contributed by atoms with Gasteiger partial charge < -0.3 is 14.8 Å². The van der Waals surface area contributed by atoms with Gasteiger partial charge in [-0.3, -0.25) is 9.69 Å². The molecule has 2 aliphatic heterocycles. The summed E-state index contributed by atoms with van der Waals surface area (Å²) in [5.74, 6) is 1.71. The number of nitrogens with one attached hydrogen (secondary N) is 1. The second-order valence-electron chi connectivity index (χ2n) is 10.7. The Balaban J connectivity index is 1.33. The molecule has 0 spiro atoms. The zero-order valence-electron chi connectivity index (χ0n) is 19.8. The van der Waals surface area contributed by atoms with Gasteiger partial charge in [0.2, 0.25) is 0 Å². The number of benzene rings is 2. The lowest BCUT2D eigenvalue weighted by atomic mass is 9.69. The molecule has 2 saturated heterocycles. The topological polar surface area (TPSA) is 50.8 Å². The number of halogens is 1. The van der Waals surface area contributed by atoms with E-state index >= 15 is 0 Å². The quantitative estimate of drug-likeness (QED) is 0.679. The highest BCUT2D eigenvalue weighted by Gasteiger charge is 2.50. The SMILES string of the molecule is COc1ccc2c(c1)C13CCN(CC4CC4)C(C2)C(C1)OCC(NC(=O)c1ccc(Cl)cc1)C3. The van der Waals surface area contributed by atoms with E-state index in [2.05, 4.69) is 28.4 Å². The van der Waals surface area contributed by atoms with E-state index in [1.807, 2.05) is 0 Å². The summed E-state index contributed by atoms with van der Waals surface area (Å²) in [5, 5.41) is 3.92. The summed E-state index contributed by atoms with van der Waals surface area (Å²) >= 11 is 6.02. The van der Waals surface area contributed by atoms with E-state index in [9.17, 15) is 4.79 Å². The summed E-state index contributed by atoms with van der Waals surface area (Å²) in [6.45, 7) is 2.84. The number of nitrogens with zero attached hydrogens (tertiary/aromatic N) is 1. The number of amides is 1. The van der Waals surface area contributed by atoms with Crippen LogP contribution in [0.4, 0.5) is 0 Å². The molecule has 2 aromatic rings. The predicted molar refractivity (Wildman–Crippen MR) is 133 cm³/mol. The molecule has 6 heteroatoms. The molecule has 0 aromatic heterocycles. The van der Waals surface area contributed by atoms with Crippen molar-refractivity contribution in [1.82, 2.24) is 10.2 Å². The molecular formula is C28H33ClN2O3. The van der Waals surface area contributed by atoms with E-state index in [1.54, 1.807) is 31.4 Å². The third-order valence-electron chi connectivity index (χ3n) is 8.46. The average Bonchev–Trinajstić information content (AvgIpc) is 3.69. The molecular weight excluding hydrogens is 448 g/mol. The first-order chi connectivity index (χ1) is 16.5. The van der Waals surface area contributed by atoms with Crippen molar-refractivity contribution in [2.24, 2.45) is 5.92 Å². The molecule has 4 aliphatic rings. The number of carbonyl (C=O) groups is 1. The first-order valence-corrected chi connectivity index (χ1v) is 13.0. The maximum atomic E-state index is 13.1. The Hall–Kier alpha value is -2.08. The summed E-state index contributed by atoms with van der Waals surface area (Å²) in [7, 11) is 1.74. The Morgan fingerprint density at radius 2 is 2.03 bits per heavy atom. The van der Waals surface area contributed by atoms with Gasteiger partial charge in [0, 0.05) is 28.6 Å². The van der Waals surface area contributed by atoms with Crippen LogP contribution >= 0.6 is 11.6 Å². The molecule has 3 bridgehead atoms. The van der Waals surface area contributed by atoms with Crippen molar-refractivity contribution in [3.8, 4) is 5.75 Å². The van der Waals surface area contributed by atoms with Gasteiger partial charge in [-0.25, -0.2) is 0 Å². The molecule has 0 radical (unpaired) electrons. The lowest BCUT2D eigenvalue weighted by Gasteiger charge is -2.39. The van der Waals surface area contributed by atoms with Crippen molar-refractivity contribution < 1.29 is 14.3 Å². The Labute approximate surface area is 206 Å². The maximum Gasteiger partial charge on any atom is 0.251 e. The van der Waals surface area contributed by atoms with Crippen LogP contribution in [-0.4, -0.2) is 55.8 Å². The van der Waals surface area contributed by atoms with Gasteiger partial charge in [0.05, 0.1) is 25.9 Å². The molecule has 4 unspecified atom stereocenters. The second-order valence-corrected chi connectivity index (χ2v) is 11.2. The fraction of sp³-hybridized carbons (Fsp3) is 0.536. The molecule has 5 nitrogen and oxygen atoms in total. The molecule has 4 atom stereocenters. The highest BCUT2D eigenvalue weighted by molar-refractivity contribution is 6.30. The lowest BCUT2D eigenvalue weighted by molar-refractivity contribution is -0.0122. The number of methoxy groups -OCH3 is 1. The van der Waals surface area contributed by atoms with Crippen LogP contribution in [0, 0.1) is 5.92 Å². The highest BCUT2D eigenvalue weighted by atomic mass is 35.5. The maximum absolute atomic E-state index is 13.1. The molecule has 2 aliphatic carbocycles. The van der Waals surface area contributed by atoms with Gasteiger partial charge in [0.1, 0.15) is 5.75 Å². The molecule has 6 rings (SSSR count). The van der Waals surface area contributed by atoms with E-state index in [0.717, 1.165) is 43.9 Å². The Bertz CT molecular complexity index is 1070. The van der Waals surface area contributed by atoms with E-state index in [4.69, 9.17) is 21.1 Å². The van der Waals surface area contributed by atoms with Gasteiger partial charge in [-0.15, -0.1) is 0 Å². The van der Waals surface area contributed by atoms with Gasteiger partial charge in [-0.05, 0) is 98.5 Å². The van der Waals surface area contributed by atoms with E-state index in [0.29, 0.717) is 23.2 Å². The molecule has 1 N–H and O–H groups in total. The third kappa shape index (κ3) is 4.23. The van der Waals surface area contributed by atoms with Crippen molar-refractivity contribution in [1.29, 1.82) is 0 Å². The first-order valence-electron chi connectivity index (χ1n) is 12.6. The zero-order chi connectivity index (χ0) is 23.3. The summed E-state index contributed by atoms with van der Waals surface area (Å²) in [4.78, 5) is 15.8. The smallest absolute Gasteiger partial charge is 0.251 e. The Morgan fingerprint density at radius 3 is 2.79 bits per heavy atom. The highest BCUT2D eigenvalue weighted by Crippen LogP contribution is 2.49. The zero-order valence-corrected chi connectivity index (χ0v) is 20.5. The molecule has 3 fully saturated rings. The monoisotopic (exact) mass is 480 g/mol. The summed E-state index contributed by atoms with van der Waals surface area (Å²) in [5.41, 5.74) is 3.42. The van der Waals surface area contributed by atoms with Gasteiger partial charge in [0.25, 0.3) is 5.91 Å². The Morgan fingerprint density at radius 1 is 1.21 bits per heavy atom. The second kappa shape index (κ2) is 8.85. The van der Waals surface area contributed by atoms with Gasteiger partial charge >= 0.3 is 0 Å². The normalized spacial score (nSPS) is 30.6. The van der Waals surface area contributed by atoms with Crippen LogP contribution in [0.5, 0.6) is 5.75 Å². The van der Waals surface area contributed by atoms with E-state index in [1.165, 1.54) is 30.5 Å². The van der Waals surface area contributed by atoms with Crippen molar-refractivity contribution >= 4 is 17.5 Å². The van der Waals surface area contributed by atoms with Crippen LogP contribution < -0.4 is 10.1 Å². The van der Waals surface area contributed by atoms with Crippen LogP contribution in [0.2, 0.25) is 5.02 Å². The number of likely N-dealkylation sites (tertiary alicyclic amines) is 1. The van der Waals surface area contributed by atoms with E-state index in [-0.39, 0.29) is 23.5 Å². The van der Waals surface area contributed by atoms with E-state index < -0.39 is 0 Å². The fourth-order valence-electron chi connectivity index (χ4n) is 6.52. The largest absolute Gasteiger partial charge is 0.497 e. The number of hydrogen-bond acceptors (Lipinski definition) is 4. The first kappa shape index (κ1) is 22.4. The van der Waals surface area contributed by atoms with Crippen molar-refractivity contribution in [2.75, 3.05) is 26.8 Å². The molecule has 2 aromatic carbocycles. The Kier molecular flexibility index (Phi) is 5.83. The summed E-state index contributed by atoms with van der Waals surface area (Å²) in [6.07, 6.45) is 6.92. The molecule has 180 valence electrons. The van der Waals surface area contributed by atoms with Gasteiger partial charge in [-0.2, -0.15) is 0 Å². The number of hydrogen-bond donors (Lipinski definition) is 1. The molecule has 2 heterocycles. The minimum Gasteiger partial charge on any atom is -0.497 e. The average molecular weight is 481 g/mol. The van der Waals surface area contributed by atoms with Crippen LogP contribution in [0.3, 0.4) is 0 Å². The minimum atomic E-state index is -0.0653. The van der Waals surface area contributed by atoms with Crippen molar-refractivity contribution in [3.05, 3.63) is 64.2 Å². The number of ether oxygens (including phenoxy) is 2. The van der Waals surface area contributed by atoms with Crippen molar-refractivity contribution in [2.45, 2.75) is 62.1 Å². The standard InChI is InChI=1S/C28H33ClN2O3/c1-33-23-9-6-20-12-25-26-15-28(24(20)13-23,10-11-31(25)16-18-2-3-18)14-22(17-34-26)30-27(32)19-4-7-21(29)8-5-19/h4-9,13,18,22,25-26H,2-3,10-12,14-17H2,1H3,(H,30,32). The predicted octanol–water partition coefficient (Wildman–Crippen LogP) is 4.60. The summed E-state index contributed by atoms with van der Waals surface area (Å²) in [6, 6.07) is 14.1. The summed E-state index contributed by atoms with van der Waals surface area (Å²) < 4.78 is 12.3. The third-order valence-corrected chi connectivity index (χ3v) is 8.72. The van der Waals surface area contributed by atoms with Crippen LogP contribution in [0.15, 0.2) is 42.5 Å². The van der Waals surface area contributed by atoms with Crippen LogP contribution in [-0.2, 0) is 16.6 Å². The molecule has 1 saturated carbocycles. The van der Waals surface area contributed by atoms with Crippen LogP contribution in [0.25, 0.3) is 0 Å². The lowest BCUT2D eigenvalue weighted by Crippen LogP contribution is -2.48. The number of fused-ring (bicyclic) bond motifs is 1. The molecule has 34 heavy (non-hydrogen) atoms. The minimum absolute atomic E-state index is 0.0317.